The molecule has 0 amide bonds. The molecule has 0 aliphatic heterocycles. The van der Waals surface area contributed by atoms with Crippen molar-refractivity contribution in [1.29, 1.82) is 0 Å². The van der Waals surface area contributed by atoms with E-state index in [4.69, 9.17) is 0 Å². The molecule has 0 fully saturated rings. The number of nitrogens with one attached hydrogen (secondary N) is 1. The Hall–Kier alpha value is -1.68. The van der Waals surface area contributed by atoms with Crippen LogP contribution in [-0.4, -0.2) is 14.8 Å². The van der Waals surface area contributed by atoms with Crippen molar-refractivity contribution in [1.82, 2.24) is 20.1 Å². The normalized spacial score (nSPS) is 21.1. The molecule has 0 bridgehead atoms. The van der Waals surface area contributed by atoms with Crippen molar-refractivity contribution >= 4 is 0 Å². The van der Waals surface area contributed by atoms with Crippen LogP contribution >= 0.6 is 0 Å². The fourth-order valence-electron chi connectivity index (χ4n) is 3.15. The Kier molecular flexibility index (Phi) is 3.57. The first-order valence-electron chi connectivity index (χ1n) is 7.38. The standard InChI is InChI=1S/C16H22N4/c1-4-20-10-18-19-15(20)9-17-16-12(3)8-13-6-5-11(2)7-14(13)16/h5-7,10,12,16-17H,4,8-9H2,1-3H3/t12-,16-/m0/s1. The number of hydrogen-bond donors (Lipinski definition) is 1. The van der Waals surface area contributed by atoms with Gasteiger partial charge in [0.05, 0.1) is 6.54 Å². The first-order valence-corrected chi connectivity index (χ1v) is 7.38. The Morgan fingerprint density at radius 3 is 3.05 bits per heavy atom. The van der Waals surface area contributed by atoms with Crippen LogP contribution in [0.3, 0.4) is 0 Å². The van der Waals surface area contributed by atoms with Crippen LogP contribution in [0.5, 0.6) is 0 Å². The van der Waals surface area contributed by atoms with Gasteiger partial charge in [0, 0.05) is 12.6 Å². The van der Waals surface area contributed by atoms with Gasteiger partial charge in [0.15, 0.2) is 0 Å². The second-order valence-corrected chi connectivity index (χ2v) is 5.78. The van der Waals surface area contributed by atoms with Gasteiger partial charge in [-0.15, -0.1) is 10.2 Å². The quantitative estimate of drug-likeness (QED) is 0.928. The van der Waals surface area contributed by atoms with Crippen molar-refractivity contribution in [2.45, 2.75) is 46.3 Å². The first kappa shape index (κ1) is 13.3. The maximum absolute atomic E-state index is 4.20. The first-order chi connectivity index (χ1) is 9.69. The topological polar surface area (TPSA) is 42.7 Å². The van der Waals surface area contributed by atoms with E-state index in [0.29, 0.717) is 12.0 Å². The summed E-state index contributed by atoms with van der Waals surface area (Å²) in [6, 6.07) is 7.23. The molecule has 1 heterocycles. The van der Waals surface area contributed by atoms with E-state index >= 15 is 0 Å². The molecule has 1 N–H and O–H groups in total. The van der Waals surface area contributed by atoms with E-state index in [1.54, 1.807) is 6.33 Å². The molecule has 0 saturated carbocycles. The van der Waals surface area contributed by atoms with Gasteiger partial charge in [0.1, 0.15) is 12.2 Å². The fourth-order valence-corrected chi connectivity index (χ4v) is 3.15. The summed E-state index contributed by atoms with van der Waals surface area (Å²) >= 11 is 0. The average molecular weight is 270 g/mol. The van der Waals surface area contributed by atoms with Crippen LogP contribution in [0.1, 0.15) is 42.4 Å². The number of benzene rings is 1. The molecule has 1 aromatic heterocycles. The van der Waals surface area contributed by atoms with Gasteiger partial charge in [-0.1, -0.05) is 30.7 Å². The molecule has 4 nitrogen and oxygen atoms in total. The summed E-state index contributed by atoms with van der Waals surface area (Å²) in [6.07, 6.45) is 2.96. The van der Waals surface area contributed by atoms with Gasteiger partial charge >= 0.3 is 0 Å². The highest BCUT2D eigenvalue weighted by molar-refractivity contribution is 5.38. The van der Waals surface area contributed by atoms with Gasteiger partial charge in [-0.25, -0.2) is 0 Å². The molecule has 1 aliphatic rings. The van der Waals surface area contributed by atoms with E-state index in [2.05, 4.69) is 59.1 Å². The van der Waals surface area contributed by atoms with Crippen molar-refractivity contribution in [3.63, 3.8) is 0 Å². The Morgan fingerprint density at radius 2 is 2.25 bits per heavy atom. The van der Waals surface area contributed by atoms with Crippen LogP contribution in [0.15, 0.2) is 24.5 Å². The number of hydrogen-bond acceptors (Lipinski definition) is 3. The van der Waals surface area contributed by atoms with Crippen LogP contribution < -0.4 is 5.32 Å². The summed E-state index contributed by atoms with van der Waals surface area (Å²) < 4.78 is 2.09. The molecular weight excluding hydrogens is 248 g/mol. The number of fused-ring (bicyclic) bond motifs is 1. The Morgan fingerprint density at radius 1 is 1.40 bits per heavy atom. The molecule has 2 atom stereocenters. The van der Waals surface area contributed by atoms with Crippen molar-refractivity contribution in [3.8, 4) is 0 Å². The number of nitrogens with zero attached hydrogens (tertiary/aromatic N) is 3. The van der Waals surface area contributed by atoms with E-state index in [0.717, 1.165) is 25.3 Å². The van der Waals surface area contributed by atoms with Crippen molar-refractivity contribution in [2.75, 3.05) is 0 Å². The fraction of sp³-hybridized carbons (Fsp3) is 0.500. The van der Waals surface area contributed by atoms with Gasteiger partial charge in [-0.05, 0) is 37.3 Å². The minimum atomic E-state index is 0.423. The van der Waals surface area contributed by atoms with Crippen LogP contribution in [0.2, 0.25) is 0 Å². The predicted molar refractivity (Wildman–Crippen MR) is 79.3 cm³/mol. The van der Waals surface area contributed by atoms with Crippen LogP contribution in [0, 0.1) is 12.8 Å². The molecule has 0 unspecified atom stereocenters. The third kappa shape index (κ3) is 2.36. The molecule has 1 aromatic carbocycles. The van der Waals surface area contributed by atoms with Gasteiger partial charge in [0.2, 0.25) is 0 Å². The van der Waals surface area contributed by atoms with Gasteiger partial charge in [-0.3, -0.25) is 0 Å². The van der Waals surface area contributed by atoms with Crippen LogP contribution in [-0.2, 0) is 19.5 Å². The van der Waals surface area contributed by atoms with E-state index in [-0.39, 0.29) is 0 Å². The van der Waals surface area contributed by atoms with E-state index < -0.39 is 0 Å². The van der Waals surface area contributed by atoms with Gasteiger partial charge < -0.3 is 9.88 Å². The van der Waals surface area contributed by atoms with Gasteiger partial charge in [-0.2, -0.15) is 0 Å². The second kappa shape index (κ2) is 5.37. The van der Waals surface area contributed by atoms with Crippen molar-refractivity contribution in [3.05, 3.63) is 47.0 Å². The molecule has 0 radical (unpaired) electrons. The third-order valence-electron chi connectivity index (χ3n) is 4.26. The Balaban J connectivity index is 1.77. The Bertz CT molecular complexity index is 602. The second-order valence-electron chi connectivity index (χ2n) is 5.78. The summed E-state index contributed by atoms with van der Waals surface area (Å²) in [6.45, 7) is 8.28. The highest BCUT2D eigenvalue weighted by Gasteiger charge is 2.29. The summed E-state index contributed by atoms with van der Waals surface area (Å²) in [4.78, 5) is 0. The number of aromatic nitrogens is 3. The lowest BCUT2D eigenvalue weighted by molar-refractivity contribution is 0.406. The number of rotatable bonds is 4. The zero-order valence-corrected chi connectivity index (χ0v) is 12.4. The SMILES string of the molecule is CCn1cnnc1CN[C@@H]1c2cc(C)ccc2C[C@@H]1C. The van der Waals surface area contributed by atoms with Crippen LogP contribution in [0.25, 0.3) is 0 Å². The molecule has 3 rings (SSSR count). The highest BCUT2D eigenvalue weighted by Crippen LogP contribution is 2.36. The molecule has 0 spiro atoms. The minimum absolute atomic E-state index is 0.423. The summed E-state index contributed by atoms with van der Waals surface area (Å²) in [7, 11) is 0. The number of aryl methyl sites for hydroxylation is 2. The van der Waals surface area contributed by atoms with Crippen molar-refractivity contribution in [2.24, 2.45) is 5.92 Å². The average Bonchev–Trinajstić information content (AvgIpc) is 3.00. The molecule has 0 saturated heterocycles. The largest absolute Gasteiger partial charge is 0.317 e. The maximum atomic E-state index is 4.20. The summed E-state index contributed by atoms with van der Waals surface area (Å²) in [5.41, 5.74) is 4.28. The zero-order chi connectivity index (χ0) is 14.1. The molecule has 106 valence electrons. The van der Waals surface area contributed by atoms with E-state index in [9.17, 15) is 0 Å². The van der Waals surface area contributed by atoms with Crippen LogP contribution in [0.4, 0.5) is 0 Å². The van der Waals surface area contributed by atoms with E-state index in [1.807, 2.05) is 0 Å². The van der Waals surface area contributed by atoms with E-state index in [1.165, 1.54) is 16.7 Å². The lowest BCUT2D eigenvalue weighted by Gasteiger charge is -2.19. The predicted octanol–water partition coefficient (Wildman–Crippen LogP) is 2.63. The monoisotopic (exact) mass is 270 g/mol. The third-order valence-corrected chi connectivity index (χ3v) is 4.26. The Labute approximate surface area is 120 Å². The maximum Gasteiger partial charge on any atom is 0.146 e. The molecule has 2 aromatic rings. The lowest BCUT2D eigenvalue weighted by Crippen LogP contribution is -2.25. The molecular formula is C16H22N4. The molecule has 4 heteroatoms. The van der Waals surface area contributed by atoms with Gasteiger partial charge in [0.25, 0.3) is 0 Å². The highest BCUT2D eigenvalue weighted by atomic mass is 15.3. The molecule has 1 aliphatic carbocycles. The zero-order valence-electron chi connectivity index (χ0n) is 12.4. The molecule has 20 heavy (non-hydrogen) atoms. The van der Waals surface area contributed by atoms with Crippen molar-refractivity contribution < 1.29 is 0 Å². The summed E-state index contributed by atoms with van der Waals surface area (Å²) in [5, 5.41) is 11.9. The smallest absolute Gasteiger partial charge is 0.146 e. The lowest BCUT2D eigenvalue weighted by atomic mass is 10.0. The minimum Gasteiger partial charge on any atom is -0.317 e. The summed E-state index contributed by atoms with van der Waals surface area (Å²) in [5.74, 6) is 1.64.